The van der Waals surface area contributed by atoms with Crippen molar-refractivity contribution in [2.75, 3.05) is 13.6 Å². The zero-order chi connectivity index (χ0) is 39.4. The third-order valence-corrected chi connectivity index (χ3v) is 10.2. The van der Waals surface area contributed by atoms with Crippen molar-refractivity contribution in [3.05, 3.63) is 166 Å². The largest absolute Gasteiger partial charge is 0.392 e. The molecule has 0 radical (unpaired) electrons. The summed E-state index contributed by atoms with van der Waals surface area (Å²) in [6, 6.07) is 31.3. The SMILES string of the molecule is C[C@H]1[C@@H](CN(C)[C@@H](C)[C@H](O)c2ccccc2)O[C@@H](c2ccc(-c3cccc(CNC(=O)c4c(F)c(F)c(F)c(F)c4F)c3)cc2)O[C@H]1c1ccc(CO)cc1. The highest BCUT2D eigenvalue weighted by molar-refractivity contribution is 5.94. The van der Waals surface area contributed by atoms with Crippen LogP contribution in [0.1, 0.15) is 70.5 Å². The molecule has 1 amide bonds. The number of carbonyl (C=O) groups is 1. The molecular weight excluding hydrogens is 719 g/mol. The summed E-state index contributed by atoms with van der Waals surface area (Å²) in [4.78, 5) is 14.6. The molecule has 55 heavy (non-hydrogen) atoms. The van der Waals surface area contributed by atoms with E-state index in [9.17, 15) is 37.0 Å². The van der Waals surface area contributed by atoms with E-state index in [1.165, 1.54) is 0 Å². The highest BCUT2D eigenvalue weighted by Crippen LogP contribution is 2.42. The first-order valence-electron chi connectivity index (χ1n) is 17.8. The van der Waals surface area contributed by atoms with Gasteiger partial charge in [-0.05, 0) is 53.4 Å². The van der Waals surface area contributed by atoms with E-state index in [1.807, 2.05) is 98.9 Å². The Morgan fingerprint density at radius 1 is 0.764 bits per heavy atom. The summed E-state index contributed by atoms with van der Waals surface area (Å²) in [7, 11) is 1.95. The molecule has 1 aliphatic rings. The van der Waals surface area contributed by atoms with Gasteiger partial charge in [0.05, 0.1) is 24.9 Å². The molecule has 6 rings (SSSR count). The Labute approximate surface area is 316 Å². The van der Waals surface area contributed by atoms with Crippen molar-refractivity contribution in [1.29, 1.82) is 0 Å². The van der Waals surface area contributed by atoms with Gasteiger partial charge in [-0.1, -0.05) is 104 Å². The monoisotopic (exact) mass is 760 g/mol. The third-order valence-electron chi connectivity index (χ3n) is 10.2. The fourth-order valence-corrected chi connectivity index (χ4v) is 6.72. The fraction of sp³-hybridized carbons (Fsp3) is 0.279. The topological polar surface area (TPSA) is 91.3 Å². The average molecular weight is 761 g/mol. The molecule has 0 aromatic heterocycles. The van der Waals surface area contributed by atoms with Crippen LogP contribution in [0.15, 0.2) is 103 Å². The number of hydrogen-bond donors (Lipinski definition) is 3. The number of hydrogen-bond acceptors (Lipinski definition) is 6. The van der Waals surface area contributed by atoms with Gasteiger partial charge in [0.2, 0.25) is 5.82 Å². The molecule has 6 atom stereocenters. The van der Waals surface area contributed by atoms with Crippen LogP contribution in [0.3, 0.4) is 0 Å². The number of ether oxygens (including phenoxy) is 2. The maximum Gasteiger partial charge on any atom is 0.257 e. The third kappa shape index (κ3) is 8.64. The van der Waals surface area contributed by atoms with E-state index in [0.717, 1.165) is 33.4 Å². The van der Waals surface area contributed by atoms with Crippen LogP contribution in [0.2, 0.25) is 0 Å². The first-order valence-corrected chi connectivity index (χ1v) is 17.8. The molecule has 0 unspecified atom stereocenters. The number of benzene rings is 5. The van der Waals surface area contributed by atoms with Crippen molar-refractivity contribution in [3.63, 3.8) is 0 Å². The van der Waals surface area contributed by atoms with E-state index in [2.05, 4.69) is 17.1 Å². The zero-order valence-corrected chi connectivity index (χ0v) is 30.4. The number of amides is 1. The molecule has 0 bridgehead atoms. The van der Waals surface area contributed by atoms with Gasteiger partial charge in [0.25, 0.3) is 5.91 Å². The van der Waals surface area contributed by atoms with E-state index >= 15 is 0 Å². The maximum absolute atomic E-state index is 14.2. The van der Waals surface area contributed by atoms with Crippen molar-refractivity contribution >= 4 is 5.91 Å². The molecule has 1 saturated heterocycles. The lowest BCUT2D eigenvalue weighted by molar-refractivity contribution is -0.276. The van der Waals surface area contributed by atoms with Crippen LogP contribution in [0, 0.1) is 35.0 Å². The van der Waals surface area contributed by atoms with Gasteiger partial charge >= 0.3 is 0 Å². The lowest BCUT2D eigenvalue weighted by Crippen LogP contribution is -2.46. The van der Waals surface area contributed by atoms with Crippen LogP contribution in [0.25, 0.3) is 11.1 Å². The smallest absolute Gasteiger partial charge is 0.257 e. The van der Waals surface area contributed by atoms with Crippen molar-refractivity contribution in [3.8, 4) is 11.1 Å². The van der Waals surface area contributed by atoms with Gasteiger partial charge in [0.15, 0.2) is 29.6 Å². The second-order valence-electron chi connectivity index (χ2n) is 13.8. The van der Waals surface area contributed by atoms with E-state index in [0.29, 0.717) is 12.1 Å². The van der Waals surface area contributed by atoms with Crippen LogP contribution in [-0.2, 0) is 22.6 Å². The number of likely N-dealkylation sites (N-methyl/N-ethyl adjacent to an activating group) is 1. The Morgan fingerprint density at radius 2 is 1.38 bits per heavy atom. The van der Waals surface area contributed by atoms with E-state index < -0.39 is 53.0 Å². The van der Waals surface area contributed by atoms with Gasteiger partial charge < -0.3 is 25.0 Å². The molecular formula is C43H41F5N2O5. The van der Waals surface area contributed by atoms with Crippen LogP contribution in [-0.4, -0.2) is 46.8 Å². The minimum Gasteiger partial charge on any atom is -0.392 e. The average Bonchev–Trinajstić information content (AvgIpc) is 3.22. The molecule has 0 spiro atoms. The standard InChI is InChI=1S/C43H41F5N2O5/c1-24-33(22-50(3)25(2)40(52)29-9-5-4-6-10-29)54-43(55-41(24)30-14-12-26(23-51)13-15-30)31-18-16-28(17-19-31)32-11-7-8-27(20-32)21-49-42(53)34-35(44)37(46)39(48)38(47)36(34)45/h4-20,24-25,33,40-41,43,51-52H,21-23H2,1-3H3,(H,49,53)/t24-,25-,33+,40-,41+,43+/m0/s1. The summed E-state index contributed by atoms with van der Waals surface area (Å²) in [5.41, 5.74) is 3.78. The second-order valence-corrected chi connectivity index (χ2v) is 13.8. The predicted octanol–water partition coefficient (Wildman–Crippen LogP) is 8.32. The van der Waals surface area contributed by atoms with Gasteiger partial charge in [-0.3, -0.25) is 9.69 Å². The summed E-state index contributed by atoms with van der Waals surface area (Å²) < 4.78 is 82.3. The van der Waals surface area contributed by atoms with Crippen LogP contribution >= 0.6 is 0 Å². The minimum absolute atomic E-state index is 0.0789. The van der Waals surface area contributed by atoms with Crippen molar-refractivity contribution < 1.29 is 46.4 Å². The quantitative estimate of drug-likeness (QED) is 0.0674. The van der Waals surface area contributed by atoms with Crippen LogP contribution in [0.4, 0.5) is 22.0 Å². The van der Waals surface area contributed by atoms with Crippen molar-refractivity contribution in [2.45, 2.75) is 57.6 Å². The lowest BCUT2D eigenvalue weighted by atomic mass is 9.89. The number of aliphatic hydroxyl groups is 2. The highest BCUT2D eigenvalue weighted by atomic mass is 19.2. The summed E-state index contributed by atoms with van der Waals surface area (Å²) in [6.45, 7) is 4.22. The van der Waals surface area contributed by atoms with Crippen LogP contribution < -0.4 is 5.32 Å². The summed E-state index contributed by atoms with van der Waals surface area (Å²) in [5.74, 6) is -12.7. The normalized spacial score (nSPS) is 19.6. The molecule has 5 aromatic carbocycles. The Hall–Kier alpha value is -4.98. The Morgan fingerprint density at radius 3 is 2.02 bits per heavy atom. The maximum atomic E-state index is 14.2. The minimum atomic E-state index is -2.34. The molecule has 0 saturated carbocycles. The number of halogens is 5. The molecule has 288 valence electrons. The Balaban J connectivity index is 1.19. The molecule has 0 aliphatic carbocycles. The van der Waals surface area contributed by atoms with Gasteiger partial charge in [-0.15, -0.1) is 0 Å². The number of nitrogens with zero attached hydrogens (tertiary/aromatic N) is 1. The lowest BCUT2D eigenvalue weighted by Gasteiger charge is -2.43. The first kappa shape index (κ1) is 39.7. The summed E-state index contributed by atoms with van der Waals surface area (Å²) in [6.07, 6.45) is -2.11. The molecule has 5 aromatic rings. The summed E-state index contributed by atoms with van der Waals surface area (Å²) in [5, 5.41) is 23.0. The number of rotatable bonds is 12. The van der Waals surface area contributed by atoms with Gasteiger partial charge in [-0.2, -0.15) is 0 Å². The second kappa shape index (κ2) is 17.2. The number of carbonyl (C=O) groups excluding carboxylic acids is 1. The van der Waals surface area contributed by atoms with E-state index in [4.69, 9.17) is 9.47 Å². The van der Waals surface area contributed by atoms with E-state index in [1.54, 1.807) is 18.2 Å². The van der Waals surface area contributed by atoms with Crippen molar-refractivity contribution in [2.24, 2.45) is 5.92 Å². The van der Waals surface area contributed by atoms with Crippen molar-refractivity contribution in [1.82, 2.24) is 10.2 Å². The van der Waals surface area contributed by atoms with Gasteiger partial charge in [0.1, 0.15) is 5.56 Å². The Kier molecular flexibility index (Phi) is 12.4. The molecule has 1 heterocycles. The van der Waals surface area contributed by atoms with E-state index in [-0.39, 0.29) is 37.3 Å². The first-order chi connectivity index (χ1) is 26.4. The zero-order valence-electron chi connectivity index (χ0n) is 30.4. The molecule has 3 N–H and O–H groups in total. The molecule has 7 nitrogen and oxygen atoms in total. The highest BCUT2D eigenvalue weighted by Gasteiger charge is 2.39. The molecule has 1 fully saturated rings. The number of aliphatic hydroxyl groups excluding tert-OH is 2. The molecule has 12 heteroatoms. The summed E-state index contributed by atoms with van der Waals surface area (Å²) >= 11 is 0. The Bertz CT molecular complexity index is 2070. The predicted molar refractivity (Wildman–Crippen MR) is 196 cm³/mol. The number of nitrogens with one attached hydrogen (secondary N) is 1. The fourth-order valence-electron chi connectivity index (χ4n) is 6.72. The molecule has 1 aliphatic heterocycles. The van der Waals surface area contributed by atoms with Gasteiger partial charge in [0, 0.05) is 30.6 Å². The van der Waals surface area contributed by atoms with Gasteiger partial charge in [-0.25, -0.2) is 22.0 Å². The van der Waals surface area contributed by atoms with Crippen LogP contribution in [0.5, 0.6) is 0 Å².